The molecule has 19 heavy (non-hydrogen) atoms. The van der Waals surface area contributed by atoms with Gasteiger partial charge in [-0.25, -0.2) is 4.39 Å². The van der Waals surface area contributed by atoms with Crippen LogP contribution in [0.15, 0.2) is 24.3 Å². The standard InChI is InChI=1S/C14H19FN2O2/c1-16(10-14(18)19)13-5-6-17(9-13)8-11-3-2-4-12(15)7-11/h2-4,7,13H,5-6,8-10H2,1H3,(H,18,19). The second kappa shape index (κ2) is 6.12. The van der Waals surface area contributed by atoms with Crippen LogP contribution in [0.2, 0.25) is 0 Å². The van der Waals surface area contributed by atoms with Gasteiger partial charge in [0.25, 0.3) is 0 Å². The molecule has 4 nitrogen and oxygen atoms in total. The molecule has 1 saturated heterocycles. The van der Waals surface area contributed by atoms with Gasteiger partial charge >= 0.3 is 5.97 Å². The summed E-state index contributed by atoms with van der Waals surface area (Å²) < 4.78 is 13.1. The van der Waals surface area contributed by atoms with Gasteiger partial charge in [-0.05, 0) is 31.2 Å². The first-order chi connectivity index (χ1) is 9.04. The van der Waals surface area contributed by atoms with Crippen molar-refractivity contribution in [3.63, 3.8) is 0 Å². The molecule has 0 amide bonds. The van der Waals surface area contributed by atoms with Gasteiger partial charge in [-0.2, -0.15) is 0 Å². The molecule has 0 spiro atoms. The Hall–Kier alpha value is -1.46. The van der Waals surface area contributed by atoms with Gasteiger partial charge in [-0.1, -0.05) is 12.1 Å². The van der Waals surface area contributed by atoms with Crippen molar-refractivity contribution in [2.24, 2.45) is 0 Å². The Morgan fingerprint density at radius 1 is 1.58 bits per heavy atom. The highest BCUT2D eigenvalue weighted by molar-refractivity contribution is 5.69. The molecule has 0 aliphatic carbocycles. The summed E-state index contributed by atoms with van der Waals surface area (Å²) in [6.45, 7) is 2.54. The second-order valence-electron chi connectivity index (χ2n) is 5.12. The van der Waals surface area contributed by atoms with Crippen LogP contribution in [0, 0.1) is 5.82 Å². The number of nitrogens with zero attached hydrogens (tertiary/aromatic N) is 2. The topological polar surface area (TPSA) is 43.8 Å². The molecule has 1 fully saturated rings. The van der Waals surface area contributed by atoms with Crippen LogP contribution in [0.3, 0.4) is 0 Å². The first-order valence-corrected chi connectivity index (χ1v) is 6.43. The number of rotatable bonds is 5. The molecular weight excluding hydrogens is 247 g/mol. The molecule has 1 N–H and O–H groups in total. The van der Waals surface area contributed by atoms with E-state index in [1.807, 2.05) is 18.0 Å². The summed E-state index contributed by atoms with van der Waals surface area (Å²) in [5.74, 6) is -1.01. The van der Waals surface area contributed by atoms with Crippen molar-refractivity contribution in [1.82, 2.24) is 9.80 Å². The Kier molecular flexibility index (Phi) is 4.50. The molecule has 5 heteroatoms. The van der Waals surface area contributed by atoms with E-state index in [2.05, 4.69) is 4.90 Å². The molecule has 0 bridgehead atoms. The zero-order chi connectivity index (χ0) is 13.8. The van der Waals surface area contributed by atoms with Gasteiger partial charge in [0.2, 0.25) is 0 Å². The van der Waals surface area contributed by atoms with Gasteiger partial charge in [0.1, 0.15) is 5.82 Å². The van der Waals surface area contributed by atoms with E-state index in [1.165, 1.54) is 6.07 Å². The average Bonchev–Trinajstić information content (AvgIpc) is 2.76. The van der Waals surface area contributed by atoms with E-state index < -0.39 is 5.97 Å². The van der Waals surface area contributed by atoms with Gasteiger partial charge in [0.15, 0.2) is 0 Å². The van der Waals surface area contributed by atoms with Crippen LogP contribution in [0.25, 0.3) is 0 Å². The lowest BCUT2D eigenvalue weighted by Gasteiger charge is -2.23. The predicted molar refractivity (Wildman–Crippen MR) is 70.3 cm³/mol. The van der Waals surface area contributed by atoms with E-state index in [-0.39, 0.29) is 18.4 Å². The van der Waals surface area contributed by atoms with Crippen LogP contribution in [0.1, 0.15) is 12.0 Å². The summed E-state index contributed by atoms with van der Waals surface area (Å²) in [5, 5.41) is 8.78. The Bertz CT molecular complexity index is 453. The van der Waals surface area contributed by atoms with Crippen molar-refractivity contribution in [2.75, 3.05) is 26.7 Å². The van der Waals surface area contributed by atoms with E-state index in [0.717, 1.165) is 31.6 Å². The third-order valence-electron chi connectivity index (χ3n) is 3.55. The third kappa shape index (κ3) is 4.01. The van der Waals surface area contributed by atoms with Gasteiger partial charge in [0, 0.05) is 25.7 Å². The SMILES string of the molecule is CN(CC(=O)O)C1CCN(Cc2cccc(F)c2)C1. The summed E-state index contributed by atoms with van der Waals surface area (Å²) in [5.41, 5.74) is 0.960. The van der Waals surface area contributed by atoms with Gasteiger partial charge in [-0.15, -0.1) is 0 Å². The van der Waals surface area contributed by atoms with Crippen LogP contribution in [0.5, 0.6) is 0 Å². The molecular formula is C14H19FN2O2. The fraction of sp³-hybridized carbons (Fsp3) is 0.500. The maximum atomic E-state index is 13.1. The summed E-state index contributed by atoms with van der Waals surface area (Å²) in [6, 6.07) is 6.89. The van der Waals surface area contributed by atoms with Crippen molar-refractivity contribution in [3.8, 4) is 0 Å². The minimum absolute atomic E-state index is 0.0679. The van der Waals surface area contributed by atoms with Gasteiger partial charge < -0.3 is 5.11 Å². The van der Waals surface area contributed by atoms with Gasteiger partial charge in [-0.3, -0.25) is 14.6 Å². The third-order valence-corrected chi connectivity index (χ3v) is 3.55. The molecule has 1 aromatic carbocycles. The molecule has 0 aromatic heterocycles. The number of benzene rings is 1. The van der Waals surface area contributed by atoms with Crippen molar-refractivity contribution >= 4 is 5.97 Å². The highest BCUT2D eigenvalue weighted by Crippen LogP contribution is 2.17. The lowest BCUT2D eigenvalue weighted by molar-refractivity contribution is -0.138. The number of hydrogen-bond acceptors (Lipinski definition) is 3. The minimum atomic E-state index is -0.800. The zero-order valence-electron chi connectivity index (χ0n) is 11.1. The molecule has 2 rings (SSSR count). The van der Waals surface area contributed by atoms with E-state index in [1.54, 1.807) is 12.1 Å². The van der Waals surface area contributed by atoms with Crippen LogP contribution in [-0.2, 0) is 11.3 Å². The van der Waals surface area contributed by atoms with E-state index in [4.69, 9.17) is 5.11 Å². The number of likely N-dealkylation sites (tertiary alicyclic amines) is 1. The summed E-state index contributed by atoms with van der Waals surface area (Å²) in [4.78, 5) is 14.8. The lowest BCUT2D eigenvalue weighted by Crippen LogP contribution is -2.37. The molecule has 104 valence electrons. The molecule has 0 saturated carbocycles. The smallest absolute Gasteiger partial charge is 0.317 e. The molecule has 1 atom stereocenters. The monoisotopic (exact) mass is 266 g/mol. The van der Waals surface area contributed by atoms with E-state index in [0.29, 0.717) is 0 Å². The van der Waals surface area contributed by atoms with E-state index in [9.17, 15) is 9.18 Å². The van der Waals surface area contributed by atoms with Crippen LogP contribution >= 0.6 is 0 Å². The van der Waals surface area contributed by atoms with Crippen LogP contribution < -0.4 is 0 Å². The normalized spacial score (nSPS) is 20.1. The Labute approximate surface area is 112 Å². The first kappa shape index (κ1) is 14.0. The molecule has 1 heterocycles. The molecule has 0 radical (unpaired) electrons. The summed E-state index contributed by atoms with van der Waals surface area (Å²) in [7, 11) is 1.84. The van der Waals surface area contributed by atoms with Crippen molar-refractivity contribution in [2.45, 2.75) is 19.0 Å². The molecule has 1 unspecified atom stereocenters. The van der Waals surface area contributed by atoms with Crippen molar-refractivity contribution in [3.05, 3.63) is 35.6 Å². The van der Waals surface area contributed by atoms with Crippen molar-refractivity contribution in [1.29, 1.82) is 0 Å². The number of hydrogen-bond donors (Lipinski definition) is 1. The number of carbonyl (C=O) groups is 1. The number of likely N-dealkylation sites (N-methyl/N-ethyl adjacent to an activating group) is 1. The number of carboxylic acids is 1. The Morgan fingerprint density at radius 2 is 2.37 bits per heavy atom. The van der Waals surface area contributed by atoms with Crippen molar-refractivity contribution < 1.29 is 14.3 Å². The maximum Gasteiger partial charge on any atom is 0.317 e. The van der Waals surface area contributed by atoms with Crippen LogP contribution in [-0.4, -0.2) is 53.6 Å². The lowest BCUT2D eigenvalue weighted by atomic mass is 10.2. The maximum absolute atomic E-state index is 13.1. The molecule has 1 aromatic rings. The van der Waals surface area contributed by atoms with Gasteiger partial charge in [0.05, 0.1) is 6.54 Å². The molecule has 1 aliphatic heterocycles. The first-order valence-electron chi connectivity index (χ1n) is 6.43. The largest absolute Gasteiger partial charge is 0.480 e. The highest BCUT2D eigenvalue weighted by atomic mass is 19.1. The fourth-order valence-corrected chi connectivity index (χ4v) is 2.55. The van der Waals surface area contributed by atoms with E-state index >= 15 is 0 Å². The fourth-order valence-electron chi connectivity index (χ4n) is 2.55. The summed E-state index contributed by atoms with van der Waals surface area (Å²) >= 11 is 0. The number of aliphatic carboxylic acids is 1. The second-order valence-corrected chi connectivity index (χ2v) is 5.12. The quantitative estimate of drug-likeness (QED) is 0.875. The minimum Gasteiger partial charge on any atom is -0.480 e. The Balaban J connectivity index is 1.86. The molecule has 1 aliphatic rings. The number of halogens is 1. The number of carboxylic acid groups (broad SMARTS) is 1. The van der Waals surface area contributed by atoms with Crippen LogP contribution in [0.4, 0.5) is 4.39 Å². The zero-order valence-corrected chi connectivity index (χ0v) is 11.1. The Morgan fingerprint density at radius 3 is 3.05 bits per heavy atom. The highest BCUT2D eigenvalue weighted by Gasteiger charge is 2.26. The predicted octanol–water partition coefficient (Wildman–Crippen LogP) is 1.42. The summed E-state index contributed by atoms with van der Waals surface area (Å²) in [6.07, 6.45) is 0.957. The average molecular weight is 266 g/mol.